The molecule has 1 aromatic rings. The summed E-state index contributed by atoms with van der Waals surface area (Å²) >= 11 is 2.09. The van der Waals surface area contributed by atoms with Crippen molar-refractivity contribution in [3.8, 4) is 11.5 Å². The molecule has 4 heteroatoms. The predicted octanol–water partition coefficient (Wildman–Crippen LogP) is 2.23. The lowest BCUT2D eigenvalue weighted by atomic mass is 10.3. The van der Waals surface area contributed by atoms with E-state index in [2.05, 4.69) is 22.6 Å². The van der Waals surface area contributed by atoms with Crippen molar-refractivity contribution in [2.24, 2.45) is 0 Å². The van der Waals surface area contributed by atoms with Crippen LogP contribution in [0.5, 0.6) is 11.5 Å². The van der Waals surface area contributed by atoms with Gasteiger partial charge in [-0.15, -0.1) is 0 Å². The zero-order valence-electron chi connectivity index (χ0n) is 7.33. The maximum absolute atomic E-state index is 10.7. The highest BCUT2D eigenvalue weighted by Crippen LogP contribution is 2.25. The summed E-state index contributed by atoms with van der Waals surface area (Å²) in [5.41, 5.74) is 0. The number of hydrogen-bond donors (Lipinski definition) is 0. The summed E-state index contributed by atoms with van der Waals surface area (Å²) in [4.78, 5) is 10.7. The van der Waals surface area contributed by atoms with Crippen molar-refractivity contribution in [1.82, 2.24) is 0 Å². The lowest BCUT2D eigenvalue weighted by molar-refractivity contribution is -0.131. The Labute approximate surface area is 90.2 Å². The van der Waals surface area contributed by atoms with Crippen LogP contribution in [-0.2, 0) is 4.79 Å². The van der Waals surface area contributed by atoms with Gasteiger partial charge in [0.15, 0.2) is 0 Å². The zero-order chi connectivity index (χ0) is 9.84. The molecular weight excluding hydrogens is 283 g/mol. The normalized spacial score (nSPS) is 9.46. The molecule has 0 aliphatic carbocycles. The van der Waals surface area contributed by atoms with Crippen molar-refractivity contribution in [1.29, 1.82) is 0 Å². The first-order valence-electron chi connectivity index (χ1n) is 3.65. The average molecular weight is 292 g/mol. The van der Waals surface area contributed by atoms with E-state index < -0.39 is 0 Å². The Morgan fingerprint density at radius 1 is 1.46 bits per heavy atom. The molecule has 0 atom stereocenters. The van der Waals surface area contributed by atoms with Gasteiger partial charge in [-0.3, -0.25) is 4.79 Å². The molecule has 0 heterocycles. The van der Waals surface area contributed by atoms with Crippen LogP contribution in [0, 0.1) is 3.57 Å². The Bertz CT molecular complexity index is 323. The second-order valence-electron chi connectivity index (χ2n) is 2.39. The molecule has 0 aliphatic heterocycles. The van der Waals surface area contributed by atoms with Gasteiger partial charge in [-0.1, -0.05) is 0 Å². The summed E-state index contributed by atoms with van der Waals surface area (Å²) in [7, 11) is 1.57. The van der Waals surface area contributed by atoms with E-state index in [4.69, 9.17) is 9.47 Å². The number of carbonyl (C=O) groups excluding carboxylic acids is 1. The summed E-state index contributed by atoms with van der Waals surface area (Å²) in [5.74, 6) is 0.885. The highest BCUT2D eigenvalue weighted by atomic mass is 127. The van der Waals surface area contributed by atoms with Gasteiger partial charge in [-0.25, -0.2) is 0 Å². The van der Waals surface area contributed by atoms with Crippen LogP contribution in [0.2, 0.25) is 0 Å². The third-order valence-corrected chi connectivity index (χ3v) is 2.28. The van der Waals surface area contributed by atoms with Crippen LogP contribution in [0.15, 0.2) is 18.2 Å². The molecule has 0 saturated carbocycles. The molecule has 0 unspecified atom stereocenters. The molecule has 0 bridgehead atoms. The van der Waals surface area contributed by atoms with Crippen molar-refractivity contribution in [2.75, 3.05) is 7.11 Å². The predicted molar refractivity (Wildman–Crippen MR) is 57.0 cm³/mol. The molecule has 0 aromatic heterocycles. The molecular formula is C9H9IO3. The molecule has 13 heavy (non-hydrogen) atoms. The van der Waals surface area contributed by atoms with E-state index in [9.17, 15) is 4.79 Å². The molecule has 70 valence electrons. The van der Waals surface area contributed by atoms with Gasteiger partial charge < -0.3 is 9.47 Å². The Morgan fingerprint density at radius 2 is 2.15 bits per heavy atom. The molecule has 0 amide bonds. The number of ether oxygens (including phenoxy) is 2. The first kappa shape index (κ1) is 10.3. The highest BCUT2D eigenvalue weighted by Gasteiger charge is 2.04. The molecule has 3 nitrogen and oxygen atoms in total. The van der Waals surface area contributed by atoms with Gasteiger partial charge in [0.1, 0.15) is 11.5 Å². The standard InChI is InChI=1S/C9H9IO3/c1-6(11)13-9-5-7(12-2)3-4-8(9)10/h3-5H,1-2H3. The topological polar surface area (TPSA) is 35.5 Å². The van der Waals surface area contributed by atoms with Gasteiger partial charge >= 0.3 is 5.97 Å². The maximum Gasteiger partial charge on any atom is 0.308 e. The summed E-state index contributed by atoms with van der Waals surface area (Å²) in [5, 5.41) is 0. The van der Waals surface area contributed by atoms with Crippen LogP contribution in [-0.4, -0.2) is 13.1 Å². The van der Waals surface area contributed by atoms with Crippen LogP contribution >= 0.6 is 22.6 Å². The molecule has 0 spiro atoms. The summed E-state index contributed by atoms with van der Waals surface area (Å²) < 4.78 is 10.8. The van der Waals surface area contributed by atoms with Crippen LogP contribution in [0.3, 0.4) is 0 Å². The Kier molecular flexibility index (Phi) is 3.53. The van der Waals surface area contributed by atoms with Crippen molar-refractivity contribution in [3.63, 3.8) is 0 Å². The monoisotopic (exact) mass is 292 g/mol. The molecule has 1 rings (SSSR count). The van der Waals surface area contributed by atoms with Gasteiger partial charge in [-0.2, -0.15) is 0 Å². The Hall–Kier alpha value is -0.780. The van der Waals surface area contributed by atoms with Crippen LogP contribution in [0.25, 0.3) is 0 Å². The number of carbonyl (C=O) groups is 1. The summed E-state index contributed by atoms with van der Waals surface area (Å²) in [6.45, 7) is 1.37. The lowest BCUT2D eigenvalue weighted by Gasteiger charge is -2.05. The van der Waals surface area contributed by atoms with Crippen LogP contribution in [0.1, 0.15) is 6.92 Å². The lowest BCUT2D eigenvalue weighted by Crippen LogP contribution is -2.02. The van der Waals surface area contributed by atoms with E-state index in [0.29, 0.717) is 11.5 Å². The van der Waals surface area contributed by atoms with Crippen molar-refractivity contribution >= 4 is 28.6 Å². The second kappa shape index (κ2) is 4.45. The minimum Gasteiger partial charge on any atom is -0.497 e. The third-order valence-electron chi connectivity index (χ3n) is 1.39. The molecule has 0 N–H and O–H groups in total. The molecule has 0 radical (unpaired) electrons. The first-order chi connectivity index (χ1) is 6.13. The van der Waals surface area contributed by atoms with E-state index in [-0.39, 0.29) is 5.97 Å². The van der Waals surface area contributed by atoms with E-state index in [1.54, 1.807) is 13.2 Å². The fourth-order valence-corrected chi connectivity index (χ4v) is 1.29. The zero-order valence-corrected chi connectivity index (χ0v) is 9.49. The van der Waals surface area contributed by atoms with Crippen molar-refractivity contribution < 1.29 is 14.3 Å². The molecule has 0 fully saturated rings. The van der Waals surface area contributed by atoms with E-state index in [1.807, 2.05) is 12.1 Å². The Balaban J connectivity index is 2.96. The minimum absolute atomic E-state index is 0.328. The summed E-state index contributed by atoms with van der Waals surface area (Å²) in [6, 6.07) is 5.33. The van der Waals surface area contributed by atoms with Crippen LogP contribution in [0.4, 0.5) is 0 Å². The van der Waals surface area contributed by atoms with E-state index in [0.717, 1.165) is 3.57 Å². The quantitative estimate of drug-likeness (QED) is 0.476. The van der Waals surface area contributed by atoms with E-state index in [1.165, 1.54) is 6.92 Å². The van der Waals surface area contributed by atoms with Crippen LogP contribution < -0.4 is 9.47 Å². The molecule has 1 aromatic carbocycles. The molecule has 0 aliphatic rings. The second-order valence-corrected chi connectivity index (χ2v) is 3.55. The number of hydrogen-bond acceptors (Lipinski definition) is 3. The largest absolute Gasteiger partial charge is 0.497 e. The van der Waals surface area contributed by atoms with Gasteiger partial charge in [0.2, 0.25) is 0 Å². The third kappa shape index (κ3) is 2.87. The summed E-state index contributed by atoms with van der Waals surface area (Å²) in [6.07, 6.45) is 0. The smallest absolute Gasteiger partial charge is 0.308 e. The van der Waals surface area contributed by atoms with Gasteiger partial charge in [-0.05, 0) is 34.7 Å². The number of esters is 1. The number of methoxy groups -OCH3 is 1. The maximum atomic E-state index is 10.7. The first-order valence-corrected chi connectivity index (χ1v) is 4.73. The average Bonchev–Trinajstić information content (AvgIpc) is 2.08. The number of rotatable bonds is 2. The fraction of sp³-hybridized carbons (Fsp3) is 0.222. The number of benzene rings is 1. The number of halogens is 1. The van der Waals surface area contributed by atoms with Gasteiger partial charge in [0.25, 0.3) is 0 Å². The van der Waals surface area contributed by atoms with Crippen molar-refractivity contribution in [2.45, 2.75) is 6.92 Å². The van der Waals surface area contributed by atoms with Crippen molar-refractivity contribution in [3.05, 3.63) is 21.8 Å². The SMILES string of the molecule is COc1ccc(I)c(OC(C)=O)c1. The Morgan fingerprint density at radius 3 is 2.69 bits per heavy atom. The van der Waals surface area contributed by atoms with Gasteiger partial charge in [0.05, 0.1) is 10.7 Å². The molecule has 0 saturated heterocycles. The highest BCUT2D eigenvalue weighted by molar-refractivity contribution is 14.1. The fourth-order valence-electron chi connectivity index (χ4n) is 0.844. The minimum atomic E-state index is -0.328. The van der Waals surface area contributed by atoms with Gasteiger partial charge in [0, 0.05) is 13.0 Å². The van der Waals surface area contributed by atoms with E-state index >= 15 is 0 Å².